The number of amides is 1. The Morgan fingerprint density at radius 3 is 2.41 bits per heavy atom. The van der Waals surface area contributed by atoms with E-state index in [1.54, 1.807) is 48.5 Å². The quantitative estimate of drug-likeness (QED) is 0.304. The third kappa shape index (κ3) is 5.75. The second-order valence-electron chi connectivity index (χ2n) is 6.61. The van der Waals surface area contributed by atoms with Crippen LogP contribution in [0.25, 0.3) is 6.08 Å². The van der Waals surface area contributed by atoms with Crippen molar-refractivity contribution in [2.45, 2.75) is 6.61 Å². The van der Waals surface area contributed by atoms with Gasteiger partial charge in [-0.25, -0.2) is 4.79 Å². The van der Waals surface area contributed by atoms with E-state index in [0.29, 0.717) is 22.9 Å². The molecule has 0 atom stereocenters. The van der Waals surface area contributed by atoms with Gasteiger partial charge in [-0.1, -0.05) is 54.1 Å². The number of nitriles is 1. The molecule has 3 rings (SSSR count). The van der Waals surface area contributed by atoms with Crippen molar-refractivity contribution in [2.75, 3.05) is 12.4 Å². The van der Waals surface area contributed by atoms with Crippen molar-refractivity contribution >= 4 is 35.2 Å². The van der Waals surface area contributed by atoms with Crippen LogP contribution in [0.5, 0.6) is 5.75 Å². The standard InChI is InChI=1S/C25H19ClN2O4/c1-31-25(30)21-7-3-5-9-23(21)28-24(29)19(15-27)14-17-10-12-20(13-11-17)32-16-18-6-2-4-8-22(18)26/h2-14H,16H2,1H3,(H,28,29). The van der Waals surface area contributed by atoms with Gasteiger partial charge in [-0.2, -0.15) is 5.26 Å². The zero-order chi connectivity index (χ0) is 22.9. The fourth-order valence-electron chi connectivity index (χ4n) is 2.82. The molecule has 0 aliphatic rings. The molecule has 0 aliphatic heterocycles. The fourth-order valence-corrected chi connectivity index (χ4v) is 3.01. The van der Waals surface area contributed by atoms with Crippen LogP contribution in [0.2, 0.25) is 5.02 Å². The third-order valence-corrected chi connectivity index (χ3v) is 4.86. The third-order valence-electron chi connectivity index (χ3n) is 4.49. The summed E-state index contributed by atoms with van der Waals surface area (Å²) in [7, 11) is 1.25. The van der Waals surface area contributed by atoms with Crippen LogP contribution in [0.3, 0.4) is 0 Å². The van der Waals surface area contributed by atoms with E-state index in [1.165, 1.54) is 19.3 Å². The fraction of sp³-hybridized carbons (Fsp3) is 0.0800. The molecule has 0 bridgehead atoms. The summed E-state index contributed by atoms with van der Waals surface area (Å²) in [6.07, 6.45) is 1.45. The highest BCUT2D eigenvalue weighted by Crippen LogP contribution is 2.21. The highest BCUT2D eigenvalue weighted by molar-refractivity contribution is 6.31. The zero-order valence-corrected chi connectivity index (χ0v) is 17.9. The molecule has 32 heavy (non-hydrogen) atoms. The first-order valence-electron chi connectivity index (χ1n) is 9.58. The van der Waals surface area contributed by atoms with Crippen molar-refractivity contribution in [3.63, 3.8) is 0 Å². The normalized spacial score (nSPS) is 10.7. The van der Waals surface area contributed by atoms with Gasteiger partial charge < -0.3 is 14.8 Å². The van der Waals surface area contributed by atoms with Crippen LogP contribution < -0.4 is 10.1 Å². The number of halogens is 1. The number of carbonyl (C=O) groups excluding carboxylic acids is 2. The lowest BCUT2D eigenvalue weighted by atomic mass is 10.1. The largest absolute Gasteiger partial charge is 0.489 e. The summed E-state index contributed by atoms with van der Waals surface area (Å²) in [5, 5.41) is 12.7. The van der Waals surface area contributed by atoms with Crippen molar-refractivity contribution in [1.29, 1.82) is 5.26 Å². The molecule has 0 heterocycles. The number of carbonyl (C=O) groups is 2. The average molecular weight is 447 g/mol. The van der Waals surface area contributed by atoms with E-state index in [4.69, 9.17) is 21.1 Å². The smallest absolute Gasteiger partial charge is 0.339 e. The minimum absolute atomic E-state index is 0.116. The first-order chi connectivity index (χ1) is 15.5. The molecule has 6 nitrogen and oxygen atoms in total. The molecule has 0 aliphatic carbocycles. The summed E-state index contributed by atoms with van der Waals surface area (Å²) >= 11 is 6.13. The van der Waals surface area contributed by atoms with Gasteiger partial charge in [0.25, 0.3) is 5.91 Å². The first-order valence-corrected chi connectivity index (χ1v) is 9.96. The molecule has 3 aromatic rings. The summed E-state index contributed by atoms with van der Waals surface area (Å²) in [6.45, 7) is 0.320. The van der Waals surface area contributed by atoms with Gasteiger partial charge in [0.2, 0.25) is 0 Å². The van der Waals surface area contributed by atoms with Gasteiger partial charge in [0.15, 0.2) is 0 Å². The lowest BCUT2D eigenvalue weighted by molar-refractivity contribution is -0.112. The predicted octanol–water partition coefficient (Wildman–Crippen LogP) is 5.25. The highest BCUT2D eigenvalue weighted by Gasteiger charge is 2.15. The Morgan fingerprint density at radius 2 is 1.72 bits per heavy atom. The number of rotatable bonds is 7. The summed E-state index contributed by atoms with van der Waals surface area (Å²) in [4.78, 5) is 24.4. The Labute approximate surface area is 190 Å². The minimum Gasteiger partial charge on any atom is -0.489 e. The lowest BCUT2D eigenvalue weighted by Crippen LogP contribution is -2.16. The molecule has 0 saturated carbocycles. The zero-order valence-electron chi connectivity index (χ0n) is 17.2. The van der Waals surface area contributed by atoms with Crippen LogP contribution in [-0.4, -0.2) is 19.0 Å². The number of esters is 1. The molecule has 0 saturated heterocycles. The van der Waals surface area contributed by atoms with E-state index >= 15 is 0 Å². The molecule has 1 amide bonds. The Hall–Kier alpha value is -4.08. The number of methoxy groups -OCH3 is 1. The topological polar surface area (TPSA) is 88.4 Å². The molecule has 7 heteroatoms. The number of benzene rings is 3. The van der Waals surface area contributed by atoms with E-state index in [0.717, 1.165) is 5.56 Å². The minimum atomic E-state index is -0.636. The van der Waals surface area contributed by atoms with Crippen LogP contribution in [0, 0.1) is 11.3 Å². The van der Waals surface area contributed by atoms with Crippen LogP contribution in [0.1, 0.15) is 21.5 Å². The van der Waals surface area contributed by atoms with Crippen molar-refractivity contribution in [2.24, 2.45) is 0 Å². The van der Waals surface area contributed by atoms with Gasteiger partial charge >= 0.3 is 5.97 Å². The molecule has 0 unspecified atom stereocenters. The van der Waals surface area contributed by atoms with Crippen LogP contribution in [0.15, 0.2) is 78.4 Å². The molecule has 0 spiro atoms. The number of anilines is 1. The Kier molecular flexibility index (Phi) is 7.63. The van der Waals surface area contributed by atoms with Crippen molar-refractivity contribution < 1.29 is 19.1 Å². The van der Waals surface area contributed by atoms with Gasteiger partial charge in [-0.3, -0.25) is 4.79 Å². The maximum Gasteiger partial charge on any atom is 0.339 e. The van der Waals surface area contributed by atoms with E-state index in [-0.39, 0.29) is 16.8 Å². The first kappa shape index (κ1) is 22.6. The second-order valence-corrected chi connectivity index (χ2v) is 7.02. The monoisotopic (exact) mass is 446 g/mol. The summed E-state index contributed by atoms with van der Waals surface area (Å²) in [5.74, 6) is -0.601. The van der Waals surface area contributed by atoms with Crippen LogP contribution in [0.4, 0.5) is 5.69 Å². The summed E-state index contributed by atoms with van der Waals surface area (Å²) < 4.78 is 10.5. The van der Waals surface area contributed by atoms with E-state index in [1.807, 2.05) is 24.3 Å². The molecule has 0 fully saturated rings. The second kappa shape index (κ2) is 10.8. The molecule has 0 radical (unpaired) electrons. The number of hydrogen-bond donors (Lipinski definition) is 1. The maximum absolute atomic E-state index is 12.6. The molecule has 3 aromatic carbocycles. The molecular weight excluding hydrogens is 428 g/mol. The maximum atomic E-state index is 12.6. The SMILES string of the molecule is COC(=O)c1ccccc1NC(=O)C(C#N)=Cc1ccc(OCc2ccccc2Cl)cc1. The molecule has 1 N–H and O–H groups in total. The number of hydrogen-bond acceptors (Lipinski definition) is 5. The Morgan fingerprint density at radius 1 is 1.03 bits per heavy atom. The number of ether oxygens (including phenoxy) is 2. The van der Waals surface area contributed by atoms with E-state index in [9.17, 15) is 14.9 Å². The van der Waals surface area contributed by atoms with E-state index in [2.05, 4.69) is 5.32 Å². The summed E-state index contributed by atoms with van der Waals surface area (Å²) in [5.41, 5.74) is 1.85. The molecular formula is C25H19ClN2O4. The average Bonchev–Trinajstić information content (AvgIpc) is 2.82. The lowest BCUT2D eigenvalue weighted by Gasteiger charge is -2.09. The number of para-hydroxylation sites is 1. The van der Waals surface area contributed by atoms with Crippen molar-refractivity contribution in [1.82, 2.24) is 0 Å². The Bertz CT molecular complexity index is 1200. The Balaban J connectivity index is 1.70. The van der Waals surface area contributed by atoms with Gasteiger partial charge in [0.1, 0.15) is 24.0 Å². The molecule has 0 aromatic heterocycles. The van der Waals surface area contributed by atoms with Gasteiger partial charge in [0, 0.05) is 10.6 Å². The van der Waals surface area contributed by atoms with Crippen molar-refractivity contribution in [3.05, 3.63) is 100 Å². The van der Waals surface area contributed by atoms with Gasteiger partial charge in [-0.05, 0) is 42.0 Å². The number of nitrogens with zero attached hydrogens (tertiary/aromatic N) is 1. The summed E-state index contributed by atoms with van der Waals surface area (Å²) in [6, 6.07) is 22.6. The van der Waals surface area contributed by atoms with Crippen molar-refractivity contribution in [3.8, 4) is 11.8 Å². The van der Waals surface area contributed by atoms with Gasteiger partial charge in [0.05, 0.1) is 18.4 Å². The highest BCUT2D eigenvalue weighted by atomic mass is 35.5. The molecule has 160 valence electrons. The predicted molar refractivity (Wildman–Crippen MR) is 122 cm³/mol. The van der Waals surface area contributed by atoms with Crippen LogP contribution >= 0.6 is 11.6 Å². The van der Waals surface area contributed by atoms with Gasteiger partial charge in [-0.15, -0.1) is 0 Å². The number of nitrogens with one attached hydrogen (secondary N) is 1. The van der Waals surface area contributed by atoms with E-state index < -0.39 is 11.9 Å². The van der Waals surface area contributed by atoms with Crippen LogP contribution in [-0.2, 0) is 16.1 Å².